The smallest absolute Gasteiger partial charge is 0.185 e. The molecule has 2 aromatic rings. The van der Waals surface area contributed by atoms with Gasteiger partial charge >= 0.3 is 0 Å². The fraction of sp³-hybridized carbons (Fsp3) is 0. The number of carbonyl (C=O) groups excluding carboxylic acids is 1. The zero-order valence-electron chi connectivity index (χ0n) is 9.81. The molecule has 0 aromatic heterocycles. The van der Waals surface area contributed by atoms with Crippen molar-refractivity contribution in [2.75, 3.05) is 0 Å². The summed E-state index contributed by atoms with van der Waals surface area (Å²) in [5.74, 6) is -0.0349. The summed E-state index contributed by atoms with van der Waals surface area (Å²) in [4.78, 5) is 11.9. The predicted molar refractivity (Wildman–Crippen MR) is 77.9 cm³/mol. The van der Waals surface area contributed by atoms with Gasteiger partial charge in [-0.15, -0.1) is 0 Å². The van der Waals surface area contributed by atoms with Crippen molar-refractivity contribution in [3.8, 4) is 5.75 Å². The van der Waals surface area contributed by atoms with E-state index in [1.807, 2.05) is 0 Å². The minimum Gasteiger partial charge on any atom is -0.508 e. The lowest BCUT2D eigenvalue weighted by Gasteiger charge is -1.99. The van der Waals surface area contributed by atoms with Crippen LogP contribution in [0, 0.1) is 0 Å². The van der Waals surface area contributed by atoms with Gasteiger partial charge in [-0.2, -0.15) is 0 Å². The number of phenols is 1. The molecule has 0 aliphatic carbocycles. The highest BCUT2D eigenvalue weighted by atomic mass is 35.5. The Morgan fingerprint density at radius 2 is 1.74 bits per heavy atom. The number of ketones is 1. The van der Waals surface area contributed by atoms with Crippen LogP contribution in [0.15, 0.2) is 48.5 Å². The SMILES string of the molecule is O=C(/C=C\c1ccc(Cl)cc1Cl)c1ccc(O)cc1. The molecule has 0 unspecified atom stereocenters. The van der Waals surface area contributed by atoms with E-state index in [9.17, 15) is 4.79 Å². The number of benzene rings is 2. The zero-order chi connectivity index (χ0) is 13.8. The van der Waals surface area contributed by atoms with Gasteiger partial charge in [0.2, 0.25) is 0 Å². The predicted octanol–water partition coefficient (Wildman–Crippen LogP) is 4.60. The maximum Gasteiger partial charge on any atom is 0.185 e. The molecule has 0 radical (unpaired) electrons. The molecule has 96 valence electrons. The van der Waals surface area contributed by atoms with Crippen molar-refractivity contribution in [1.82, 2.24) is 0 Å². The van der Waals surface area contributed by atoms with Crippen LogP contribution in [0.4, 0.5) is 0 Å². The van der Waals surface area contributed by atoms with Gasteiger partial charge < -0.3 is 5.11 Å². The number of allylic oxidation sites excluding steroid dienone is 1. The average molecular weight is 293 g/mol. The van der Waals surface area contributed by atoms with E-state index in [1.165, 1.54) is 18.2 Å². The highest BCUT2D eigenvalue weighted by Gasteiger charge is 2.02. The van der Waals surface area contributed by atoms with E-state index in [0.717, 1.165) is 5.56 Å². The Labute approximate surface area is 120 Å². The Morgan fingerprint density at radius 1 is 1.05 bits per heavy atom. The summed E-state index contributed by atoms with van der Waals surface area (Å²) in [5.41, 5.74) is 1.22. The van der Waals surface area contributed by atoms with E-state index in [1.54, 1.807) is 36.4 Å². The summed E-state index contributed by atoms with van der Waals surface area (Å²) in [7, 11) is 0. The van der Waals surface area contributed by atoms with Crippen LogP contribution in [0.5, 0.6) is 5.75 Å². The van der Waals surface area contributed by atoms with Crippen LogP contribution in [0.3, 0.4) is 0 Å². The van der Waals surface area contributed by atoms with E-state index in [2.05, 4.69) is 0 Å². The second-order valence-corrected chi connectivity index (χ2v) is 4.75. The lowest BCUT2D eigenvalue weighted by atomic mass is 10.1. The first-order chi connectivity index (χ1) is 9.06. The Morgan fingerprint density at radius 3 is 2.37 bits per heavy atom. The largest absolute Gasteiger partial charge is 0.508 e. The Kier molecular flexibility index (Phi) is 4.25. The second kappa shape index (κ2) is 5.91. The number of halogens is 2. The molecule has 1 N–H and O–H groups in total. The minimum absolute atomic E-state index is 0.126. The number of hydrogen-bond donors (Lipinski definition) is 1. The Balaban J connectivity index is 2.18. The maximum atomic E-state index is 11.9. The molecule has 2 nitrogen and oxygen atoms in total. The van der Waals surface area contributed by atoms with Gasteiger partial charge in [0.15, 0.2) is 5.78 Å². The molecular weight excluding hydrogens is 283 g/mol. The van der Waals surface area contributed by atoms with Crippen LogP contribution in [-0.2, 0) is 0 Å². The van der Waals surface area contributed by atoms with Crippen LogP contribution in [0.1, 0.15) is 15.9 Å². The molecule has 4 heteroatoms. The quantitative estimate of drug-likeness (QED) is 0.663. The molecule has 0 aliphatic heterocycles. The van der Waals surface area contributed by atoms with Crippen LogP contribution >= 0.6 is 23.2 Å². The third-order valence-electron chi connectivity index (χ3n) is 2.53. The van der Waals surface area contributed by atoms with E-state index < -0.39 is 0 Å². The number of aromatic hydroxyl groups is 1. The molecule has 0 spiro atoms. The van der Waals surface area contributed by atoms with Crippen LogP contribution in [0.25, 0.3) is 6.08 Å². The lowest BCUT2D eigenvalue weighted by molar-refractivity contribution is 0.104. The van der Waals surface area contributed by atoms with Gasteiger partial charge in [0, 0.05) is 15.6 Å². The number of carbonyl (C=O) groups is 1. The molecule has 2 aromatic carbocycles. The van der Waals surface area contributed by atoms with Crippen molar-refractivity contribution >= 4 is 35.1 Å². The van der Waals surface area contributed by atoms with Crippen LogP contribution in [-0.4, -0.2) is 10.9 Å². The topological polar surface area (TPSA) is 37.3 Å². The normalized spacial score (nSPS) is 10.8. The molecule has 0 fully saturated rings. The van der Waals surface area contributed by atoms with Crippen molar-refractivity contribution in [2.45, 2.75) is 0 Å². The van der Waals surface area contributed by atoms with Gasteiger partial charge in [-0.1, -0.05) is 29.3 Å². The summed E-state index contributed by atoms with van der Waals surface area (Å²) in [6.45, 7) is 0. The van der Waals surface area contributed by atoms with Gasteiger partial charge in [-0.3, -0.25) is 4.79 Å². The van der Waals surface area contributed by atoms with Gasteiger partial charge in [0.25, 0.3) is 0 Å². The molecule has 0 aliphatic rings. The lowest BCUT2D eigenvalue weighted by Crippen LogP contribution is -1.93. The van der Waals surface area contributed by atoms with E-state index in [4.69, 9.17) is 28.3 Å². The van der Waals surface area contributed by atoms with Crippen LogP contribution in [0.2, 0.25) is 10.0 Å². The van der Waals surface area contributed by atoms with Crippen molar-refractivity contribution in [3.63, 3.8) is 0 Å². The van der Waals surface area contributed by atoms with Crippen molar-refractivity contribution < 1.29 is 9.90 Å². The number of hydrogen-bond acceptors (Lipinski definition) is 2. The Hall–Kier alpha value is -1.77. The molecule has 2 rings (SSSR count). The highest BCUT2D eigenvalue weighted by molar-refractivity contribution is 6.35. The van der Waals surface area contributed by atoms with E-state index in [0.29, 0.717) is 15.6 Å². The number of phenolic OH excluding ortho intramolecular Hbond substituents is 1. The fourth-order valence-corrected chi connectivity index (χ4v) is 2.00. The summed E-state index contributed by atoms with van der Waals surface area (Å²) < 4.78 is 0. The summed E-state index contributed by atoms with van der Waals surface area (Å²) in [6.07, 6.45) is 3.06. The maximum absolute atomic E-state index is 11.9. The molecule has 19 heavy (non-hydrogen) atoms. The zero-order valence-corrected chi connectivity index (χ0v) is 11.3. The number of rotatable bonds is 3. The van der Waals surface area contributed by atoms with Crippen molar-refractivity contribution in [2.24, 2.45) is 0 Å². The first-order valence-corrected chi connectivity index (χ1v) is 6.28. The van der Waals surface area contributed by atoms with Gasteiger partial charge in [0.05, 0.1) is 0 Å². The monoisotopic (exact) mass is 292 g/mol. The van der Waals surface area contributed by atoms with Crippen LogP contribution < -0.4 is 0 Å². The minimum atomic E-state index is -0.161. The molecule has 0 amide bonds. The summed E-state index contributed by atoms with van der Waals surface area (Å²) in [5, 5.41) is 10.2. The first kappa shape index (κ1) is 13.7. The summed E-state index contributed by atoms with van der Waals surface area (Å²) >= 11 is 11.8. The van der Waals surface area contributed by atoms with Gasteiger partial charge in [-0.05, 0) is 54.1 Å². The van der Waals surface area contributed by atoms with E-state index >= 15 is 0 Å². The fourth-order valence-electron chi connectivity index (χ4n) is 1.52. The first-order valence-electron chi connectivity index (χ1n) is 5.53. The summed E-state index contributed by atoms with van der Waals surface area (Å²) in [6, 6.07) is 11.1. The Bertz CT molecular complexity index is 631. The van der Waals surface area contributed by atoms with Crippen molar-refractivity contribution in [1.29, 1.82) is 0 Å². The molecule has 0 saturated carbocycles. The molecule has 0 bridgehead atoms. The molecular formula is C15H10Cl2O2. The van der Waals surface area contributed by atoms with E-state index in [-0.39, 0.29) is 11.5 Å². The van der Waals surface area contributed by atoms with Gasteiger partial charge in [-0.25, -0.2) is 0 Å². The van der Waals surface area contributed by atoms with Crippen molar-refractivity contribution in [3.05, 3.63) is 69.7 Å². The standard InChI is InChI=1S/C15H10Cl2O2/c16-12-5-1-10(14(17)9-12)4-8-15(19)11-2-6-13(18)7-3-11/h1-9,18H/b8-4-. The van der Waals surface area contributed by atoms with Gasteiger partial charge in [0.1, 0.15) is 5.75 Å². The third kappa shape index (κ3) is 3.60. The molecule has 0 heterocycles. The molecule has 0 atom stereocenters. The second-order valence-electron chi connectivity index (χ2n) is 3.91. The molecule has 0 saturated heterocycles. The highest BCUT2D eigenvalue weighted by Crippen LogP contribution is 2.22. The average Bonchev–Trinajstić information content (AvgIpc) is 2.38. The third-order valence-corrected chi connectivity index (χ3v) is 3.09.